The van der Waals surface area contributed by atoms with Crippen LogP contribution in [0.3, 0.4) is 0 Å². The Balaban J connectivity index is 2.08. The fourth-order valence-corrected chi connectivity index (χ4v) is 2.99. The largest absolute Gasteiger partial charge is 0.314 e. The van der Waals surface area contributed by atoms with Crippen LogP contribution in [-0.2, 0) is 6.42 Å². The molecule has 1 aliphatic rings. The first kappa shape index (κ1) is 14.0. The van der Waals surface area contributed by atoms with E-state index in [1.807, 2.05) is 19.9 Å². The Morgan fingerprint density at radius 2 is 2.00 bits per heavy atom. The van der Waals surface area contributed by atoms with E-state index in [-0.39, 0.29) is 5.82 Å². The highest BCUT2D eigenvalue weighted by atomic mass is 79.9. The highest BCUT2D eigenvalue weighted by molar-refractivity contribution is 9.10. The lowest BCUT2D eigenvalue weighted by atomic mass is 10.0. The molecule has 1 aromatic carbocycles. The number of hydrogen-bond acceptors (Lipinski definition) is 2. The zero-order valence-electron chi connectivity index (χ0n) is 11.0. The van der Waals surface area contributed by atoms with Crippen LogP contribution in [0.25, 0.3) is 0 Å². The quantitative estimate of drug-likeness (QED) is 0.922. The topological polar surface area (TPSA) is 15.3 Å². The molecule has 2 rings (SSSR count). The van der Waals surface area contributed by atoms with E-state index in [1.54, 1.807) is 0 Å². The summed E-state index contributed by atoms with van der Waals surface area (Å²) in [5.74, 6) is -0.0363. The van der Waals surface area contributed by atoms with Crippen molar-refractivity contribution in [3.8, 4) is 0 Å². The summed E-state index contributed by atoms with van der Waals surface area (Å²) in [4.78, 5) is 2.39. The maximum Gasteiger partial charge on any atom is 0.129 e. The molecule has 18 heavy (non-hydrogen) atoms. The highest BCUT2D eigenvalue weighted by Crippen LogP contribution is 2.26. The van der Waals surface area contributed by atoms with Crippen molar-refractivity contribution in [1.29, 1.82) is 0 Å². The SMILES string of the molecule is Cc1cc(Br)c(C)c(CCN2CCNCC2)c1F. The number of nitrogens with one attached hydrogen (secondary N) is 1. The Morgan fingerprint density at radius 3 is 2.67 bits per heavy atom. The van der Waals surface area contributed by atoms with E-state index in [2.05, 4.69) is 26.1 Å². The standard InChI is InChI=1S/C14H20BrFN2/c1-10-9-13(15)11(2)12(14(10)16)3-6-18-7-4-17-5-8-18/h9,17H,3-8H2,1-2H3. The highest BCUT2D eigenvalue weighted by Gasteiger charge is 2.15. The first-order chi connectivity index (χ1) is 8.59. The van der Waals surface area contributed by atoms with Crippen LogP contribution in [-0.4, -0.2) is 37.6 Å². The third kappa shape index (κ3) is 3.11. The molecule has 2 nitrogen and oxygen atoms in total. The van der Waals surface area contributed by atoms with Gasteiger partial charge in [-0.2, -0.15) is 0 Å². The van der Waals surface area contributed by atoms with Gasteiger partial charge in [-0.1, -0.05) is 15.9 Å². The number of benzene rings is 1. The number of halogens is 2. The monoisotopic (exact) mass is 314 g/mol. The van der Waals surface area contributed by atoms with Gasteiger partial charge in [-0.05, 0) is 43.0 Å². The summed E-state index contributed by atoms with van der Waals surface area (Å²) in [7, 11) is 0. The second-order valence-electron chi connectivity index (χ2n) is 4.93. The Kier molecular flexibility index (Phi) is 4.76. The molecule has 0 atom stereocenters. The molecule has 1 aromatic rings. The molecule has 0 spiro atoms. The molecule has 1 heterocycles. The van der Waals surface area contributed by atoms with Crippen LogP contribution in [0.4, 0.5) is 4.39 Å². The van der Waals surface area contributed by atoms with Gasteiger partial charge >= 0.3 is 0 Å². The molecular weight excluding hydrogens is 295 g/mol. The Labute approximate surface area is 117 Å². The van der Waals surface area contributed by atoms with Crippen molar-refractivity contribution in [3.63, 3.8) is 0 Å². The van der Waals surface area contributed by atoms with Crippen LogP contribution < -0.4 is 5.32 Å². The fourth-order valence-electron chi connectivity index (χ4n) is 2.41. The fraction of sp³-hybridized carbons (Fsp3) is 0.571. The van der Waals surface area contributed by atoms with Gasteiger partial charge in [0.1, 0.15) is 5.82 Å². The molecule has 0 amide bonds. The molecule has 0 aliphatic carbocycles. The van der Waals surface area contributed by atoms with Crippen molar-refractivity contribution in [2.75, 3.05) is 32.7 Å². The van der Waals surface area contributed by atoms with Crippen LogP contribution in [0.2, 0.25) is 0 Å². The Hall–Kier alpha value is -0.450. The van der Waals surface area contributed by atoms with Gasteiger partial charge in [-0.15, -0.1) is 0 Å². The molecule has 4 heteroatoms. The van der Waals surface area contributed by atoms with Crippen molar-refractivity contribution >= 4 is 15.9 Å². The molecule has 1 aliphatic heterocycles. The van der Waals surface area contributed by atoms with Gasteiger partial charge in [0, 0.05) is 37.2 Å². The molecule has 1 saturated heterocycles. The second-order valence-corrected chi connectivity index (χ2v) is 5.79. The van der Waals surface area contributed by atoms with Gasteiger partial charge in [0.25, 0.3) is 0 Å². The number of piperazine rings is 1. The van der Waals surface area contributed by atoms with Crippen LogP contribution in [0.1, 0.15) is 16.7 Å². The number of aryl methyl sites for hydroxylation is 1. The zero-order chi connectivity index (χ0) is 13.1. The van der Waals surface area contributed by atoms with Crippen LogP contribution in [0.5, 0.6) is 0 Å². The Morgan fingerprint density at radius 1 is 1.33 bits per heavy atom. The predicted octanol–water partition coefficient (Wildman–Crippen LogP) is 2.65. The molecule has 0 bridgehead atoms. The van der Waals surface area contributed by atoms with E-state index >= 15 is 0 Å². The predicted molar refractivity (Wildman–Crippen MR) is 76.6 cm³/mol. The van der Waals surface area contributed by atoms with Gasteiger partial charge in [0.05, 0.1) is 0 Å². The molecular formula is C14H20BrFN2. The third-order valence-electron chi connectivity index (χ3n) is 3.65. The summed E-state index contributed by atoms with van der Waals surface area (Å²) in [6.45, 7) is 8.96. The van der Waals surface area contributed by atoms with Crippen LogP contribution in [0.15, 0.2) is 10.5 Å². The van der Waals surface area contributed by atoms with E-state index in [1.165, 1.54) is 0 Å². The molecule has 100 valence electrons. The summed E-state index contributed by atoms with van der Waals surface area (Å²) in [5, 5.41) is 3.33. The molecule has 1 N–H and O–H groups in total. The minimum Gasteiger partial charge on any atom is -0.314 e. The van der Waals surface area contributed by atoms with E-state index in [9.17, 15) is 4.39 Å². The second kappa shape index (κ2) is 6.13. The average Bonchev–Trinajstić information content (AvgIpc) is 2.38. The first-order valence-corrected chi connectivity index (χ1v) is 7.26. The van der Waals surface area contributed by atoms with E-state index in [4.69, 9.17) is 0 Å². The zero-order valence-corrected chi connectivity index (χ0v) is 12.6. The summed E-state index contributed by atoms with van der Waals surface area (Å²) in [5.41, 5.74) is 2.62. The van der Waals surface area contributed by atoms with E-state index in [0.29, 0.717) is 0 Å². The average molecular weight is 315 g/mol. The summed E-state index contributed by atoms with van der Waals surface area (Å²) in [6, 6.07) is 1.86. The summed E-state index contributed by atoms with van der Waals surface area (Å²) >= 11 is 3.51. The minimum absolute atomic E-state index is 0.0363. The lowest BCUT2D eigenvalue weighted by molar-refractivity contribution is 0.243. The molecule has 0 radical (unpaired) electrons. The first-order valence-electron chi connectivity index (χ1n) is 6.46. The lowest BCUT2D eigenvalue weighted by Gasteiger charge is -2.27. The van der Waals surface area contributed by atoms with Gasteiger partial charge in [-0.25, -0.2) is 4.39 Å². The van der Waals surface area contributed by atoms with Crippen molar-refractivity contribution in [1.82, 2.24) is 10.2 Å². The van der Waals surface area contributed by atoms with Gasteiger partial charge in [0.15, 0.2) is 0 Å². The maximum atomic E-state index is 14.1. The molecule has 0 saturated carbocycles. The van der Waals surface area contributed by atoms with Gasteiger partial charge < -0.3 is 10.2 Å². The smallest absolute Gasteiger partial charge is 0.129 e. The Bertz CT molecular complexity index is 402. The van der Waals surface area contributed by atoms with Crippen molar-refractivity contribution in [3.05, 3.63) is 33.0 Å². The van der Waals surface area contributed by atoms with Crippen molar-refractivity contribution in [2.24, 2.45) is 0 Å². The van der Waals surface area contributed by atoms with E-state index < -0.39 is 0 Å². The lowest BCUT2D eigenvalue weighted by Crippen LogP contribution is -2.44. The van der Waals surface area contributed by atoms with Crippen molar-refractivity contribution < 1.29 is 4.39 Å². The minimum atomic E-state index is -0.0363. The normalized spacial score (nSPS) is 17.1. The summed E-state index contributed by atoms with van der Waals surface area (Å²) < 4.78 is 15.2. The number of hydrogen-bond donors (Lipinski definition) is 1. The van der Waals surface area contributed by atoms with Crippen LogP contribution >= 0.6 is 15.9 Å². The summed E-state index contributed by atoms with van der Waals surface area (Å²) in [6.07, 6.45) is 0.790. The van der Waals surface area contributed by atoms with Gasteiger partial charge in [0.2, 0.25) is 0 Å². The molecule has 0 aromatic heterocycles. The van der Waals surface area contributed by atoms with Gasteiger partial charge in [-0.3, -0.25) is 0 Å². The van der Waals surface area contributed by atoms with E-state index in [0.717, 1.165) is 60.3 Å². The molecule has 0 unspecified atom stereocenters. The maximum absolute atomic E-state index is 14.1. The van der Waals surface area contributed by atoms with Crippen LogP contribution in [0, 0.1) is 19.7 Å². The van der Waals surface area contributed by atoms with Crippen molar-refractivity contribution in [2.45, 2.75) is 20.3 Å². The third-order valence-corrected chi connectivity index (χ3v) is 4.48. The number of nitrogens with zero attached hydrogens (tertiary/aromatic N) is 1. The number of rotatable bonds is 3. The molecule has 1 fully saturated rings.